The maximum Gasteiger partial charge on any atom is 0.0718 e. The molecule has 0 aromatic carbocycles. The standard InChI is InChI=1S/C16H33OP/c1-12(2)16(7,8)10-14(18)17-11-13(3)9-15(4,5)6/h12,14H,3,9-11,18H2,1-2,4-8H3. The number of ether oxygens (including phenoxy) is 1. The summed E-state index contributed by atoms with van der Waals surface area (Å²) >= 11 is 0. The molecule has 0 spiro atoms. The molecule has 108 valence electrons. The zero-order valence-corrected chi connectivity index (χ0v) is 14.6. The Morgan fingerprint density at radius 2 is 1.67 bits per heavy atom. The van der Waals surface area contributed by atoms with Gasteiger partial charge < -0.3 is 4.74 Å². The summed E-state index contributed by atoms with van der Waals surface area (Å²) in [5, 5.41) is 0. The molecule has 0 bridgehead atoms. The quantitative estimate of drug-likeness (QED) is 0.453. The van der Waals surface area contributed by atoms with Gasteiger partial charge in [-0.25, -0.2) is 0 Å². The Kier molecular flexibility index (Phi) is 7.11. The summed E-state index contributed by atoms with van der Waals surface area (Å²) in [6, 6.07) is 0. The molecule has 0 rings (SSSR count). The van der Waals surface area contributed by atoms with Gasteiger partial charge in [0.15, 0.2) is 0 Å². The van der Waals surface area contributed by atoms with Crippen molar-refractivity contribution in [2.75, 3.05) is 6.61 Å². The van der Waals surface area contributed by atoms with Crippen molar-refractivity contribution in [3.05, 3.63) is 12.2 Å². The predicted octanol–water partition coefficient (Wildman–Crippen LogP) is 5.27. The molecule has 0 N–H and O–H groups in total. The van der Waals surface area contributed by atoms with E-state index >= 15 is 0 Å². The first-order valence-electron chi connectivity index (χ1n) is 6.98. The second kappa shape index (κ2) is 7.06. The monoisotopic (exact) mass is 272 g/mol. The molecule has 0 aromatic rings. The summed E-state index contributed by atoms with van der Waals surface area (Å²) < 4.78 is 5.90. The number of rotatable bonds is 7. The first-order chi connectivity index (χ1) is 7.94. The largest absolute Gasteiger partial charge is 0.370 e. The molecule has 0 amide bonds. The molecule has 0 fully saturated rings. The van der Waals surface area contributed by atoms with Gasteiger partial charge in [-0.15, -0.1) is 9.24 Å². The van der Waals surface area contributed by atoms with Gasteiger partial charge in [-0.2, -0.15) is 0 Å². The van der Waals surface area contributed by atoms with Crippen LogP contribution in [0.25, 0.3) is 0 Å². The number of hydrogen-bond acceptors (Lipinski definition) is 1. The fourth-order valence-corrected chi connectivity index (χ4v) is 2.54. The maximum absolute atomic E-state index is 5.90. The van der Waals surface area contributed by atoms with E-state index < -0.39 is 0 Å². The van der Waals surface area contributed by atoms with Crippen LogP contribution in [0.4, 0.5) is 0 Å². The van der Waals surface area contributed by atoms with E-state index in [4.69, 9.17) is 4.74 Å². The van der Waals surface area contributed by atoms with Crippen LogP contribution >= 0.6 is 9.24 Å². The highest BCUT2D eigenvalue weighted by Gasteiger charge is 2.25. The summed E-state index contributed by atoms with van der Waals surface area (Å²) in [4.78, 5) is 0. The van der Waals surface area contributed by atoms with Crippen LogP contribution in [0, 0.1) is 16.7 Å². The topological polar surface area (TPSA) is 9.23 Å². The van der Waals surface area contributed by atoms with Gasteiger partial charge in [0.05, 0.1) is 12.5 Å². The lowest BCUT2D eigenvalue weighted by Crippen LogP contribution is -2.25. The van der Waals surface area contributed by atoms with Gasteiger partial charge in [0.25, 0.3) is 0 Å². The van der Waals surface area contributed by atoms with Crippen LogP contribution < -0.4 is 0 Å². The normalized spacial score (nSPS) is 14.9. The van der Waals surface area contributed by atoms with Crippen LogP contribution in [0.1, 0.15) is 61.3 Å². The second-order valence-corrected chi connectivity index (χ2v) is 8.43. The van der Waals surface area contributed by atoms with E-state index in [-0.39, 0.29) is 5.85 Å². The highest BCUT2D eigenvalue weighted by atomic mass is 31.0. The molecule has 0 radical (unpaired) electrons. The van der Waals surface area contributed by atoms with Crippen LogP contribution in [0.3, 0.4) is 0 Å². The van der Waals surface area contributed by atoms with Gasteiger partial charge in [0, 0.05) is 0 Å². The minimum absolute atomic E-state index is 0.221. The third-order valence-electron chi connectivity index (χ3n) is 3.57. The highest BCUT2D eigenvalue weighted by molar-refractivity contribution is 7.17. The van der Waals surface area contributed by atoms with E-state index in [2.05, 4.69) is 64.3 Å². The van der Waals surface area contributed by atoms with E-state index in [1.165, 1.54) is 5.57 Å². The molecular weight excluding hydrogens is 239 g/mol. The van der Waals surface area contributed by atoms with Gasteiger partial charge in [-0.05, 0) is 29.6 Å². The van der Waals surface area contributed by atoms with Crippen LogP contribution in [0.15, 0.2) is 12.2 Å². The van der Waals surface area contributed by atoms with Crippen molar-refractivity contribution in [2.45, 2.75) is 67.2 Å². The van der Waals surface area contributed by atoms with Crippen molar-refractivity contribution >= 4 is 9.24 Å². The third-order valence-corrected chi connectivity index (χ3v) is 4.00. The molecule has 0 aromatic heterocycles. The summed E-state index contributed by atoms with van der Waals surface area (Å²) in [6.45, 7) is 20.7. The van der Waals surface area contributed by atoms with E-state index in [0.29, 0.717) is 23.4 Å². The molecule has 0 saturated carbocycles. The fraction of sp³-hybridized carbons (Fsp3) is 0.875. The first kappa shape index (κ1) is 18.1. The zero-order valence-electron chi connectivity index (χ0n) is 13.5. The third kappa shape index (κ3) is 8.27. The Hall–Kier alpha value is 0.130. The van der Waals surface area contributed by atoms with E-state index in [1.807, 2.05) is 0 Å². The lowest BCUT2D eigenvalue weighted by molar-refractivity contribution is 0.0758. The van der Waals surface area contributed by atoms with E-state index in [9.17, 15) is 0 Å². The zero-order chi connectivity index (χ0) is 14.6. The van der Waals surface area contributed by atoms with E-state index in [0.717, 1.165) is 12.8 Å². The van der Waals surface area contributed by atoms with Crippen LogP contribution in [-0.2, 0) is 4.74 Å². The minimum atomic E-state index is 0.221. The average molecular weight is 272 g/mol. The molecule has 0 saturated heterocycles. The summed E-state index contributed by atoms with van der Waals surface area (Å²) in [5.74, 6) is 0.890. The Balaban J connectivity index is 4.05. The van der Waals surface area contributed by atoms with Crippen molar-refractivity contribution in [2.24, 2.45) is 16.7 Å². The van der Waals surface area contributed by atoms with Crippen molar-refractivity contribution in [3.63, 3.8) is 0 Å². The van der Waals surface area contributed by atoms with Gasteiger partial charge in [-0.1, -0.05) is 60.6 Å². The Labute approximate surface area is 117 Å². The van der Waals surface area contributed by atoms with Gasteiger partial charge in [0.1, 0.15) is 0 Å². The Bertz CT molecular complexity index is 261. The van der Waals surface area contributed by atoms with Crippen LogP contribution in [0.5, 0.6) is 0 Å². The number of hydrogen-bond donors (Lipinski definition) is 0. The molecule has 2 unspecified atom stereocenters. The fourth-order valence-electron chi connectivity index (χ4n) is 1.84. The smallest absolute Gasteiger partial charge is 0.0718 e. The molecule has 1 nitrogen and oxygen atoms in total. The molecular formula is C16H33OP. The van der Waals surface area contributed by atoms with E-state index in [1.54, 1.807) is 0 Å². The van der Waals surface area contributed by atoms with Crippen LogP contribution in [-0.4, -0.2) is 12.5 Å². The summed E-state index contributed by atoms with van der Waals surface area (Å²) in [6.07, 6.45) is 2.09. The lowest BCUT2D eigenvalue weighted by Gasteiger charge is -2.32. The molecule has 0 aliphatic heterocycles. The summed E-state index contributed by atoms with van der Waals surface area (Å²) in [7, 11) is 2.82. The Morgan fingerprint density at radius 1 is 1.17 bits per heavy atom. The molecule has 18 heavy (non-hydrogen) atoms. The average Bonchev–Trinajstić information content (AvgIpc) is 2.11. The summed E-state index contributed by atoms with van der Waals surface area (Å²) in [5.41, 5.74) is 1.81. The first-order valence-corrected chi connectivity index (χ1v) is 7.64. The van der Waals surface area contributed by atoms with Crippen molar-refractivity contribution < 1.29 is 4.74 Å². The van der Waals surface area contributed by atoms with Crippen molar-refractivity contribution in [3.8, 4) is 0 Å². The van der Waals surface area contributed by atoms with Gasteiger partial charge in [0.2, 0.25) is 0 Å². The minimum Gasteiger partial charge on any atom is -0.370 e. The SMILES string of the molecule is C=C(COC(P)CC(C)(C)C(C)C)CC(C)(C)C. The molecule has 0 aliphatic rings. The van der Waals surface area contributed by atoms with Gasteiger partial charge in [-0.3, -0.25) is 0 Å². The molecule has 0 heterocycles. The van der Waals surface area contributed by atoms with Crippen molar-refractivity contribution in [1.82, 2.24) is 0 Å². The van der Waals surface area contributed by atoms with Gasteiger partial charge >= 0.3 is 0 Å². The molecule has 2 atom stereocenters. The second-order valence-electron chi connectivity index (χ2n) is 7.68. The predicted molar refractivity (Wildman–Crippen MR) is 85.9 cm³/mol. The Morgan fingerprint density at radius 3 is 2.06 bits per heavy atom. The van der Waals surface area contributed by atoms with Crippen molar-refractivity contribution in [1.29, 1.82) is 0 Å². The lowest BCUT2D eigenvalue weighted by atomic mass is 9.78. The highest BCUT2D eigenvalue weighted by Crippen LogP contribution is 2.34. The maximum atomic E-state index is 5.90. The van der Waals surface area contributed by atoms with Crippen LogP contribution in [0.2, 0.25) is 0 Å². The molecule has 0 aliphatic carbocycles. The molecule has 2 heteroatoms.